The Morgan fingerprint density at radius 2 is 1.80 bits per heavy atom. The van der Waals surface area contributed by atoms with Crippen LogP contribution in [-0.2, 0) is 16.6 Å². The summed E-state index contributed by atoms with van der Waals surface area (Å²) in [5.74, 6) is 1.31. The van der Waals surface area contributed by atoms with Crippen molar-refractivity contribution < 1.29 is 8.42 Å². The Kier molecular flexibility index (Phi) is 5.58. The van der Waals surface area contributed by atoms with E-state index in [1.54, 1.807) is 48.1 Å². The maximum atomic E-state index is 12.6. The Labute approximate surface area is 176 Å². The van der Waals surface area contributed by atoms with Crippen LogP contribution in [0, 0.1) is 6.92 Å². The van der Waals surface area contributed by atoms with Crippen molar-refractivity contribution in [3.8, 4) is 0 Å². The first-order chi connectivity index (χ1) is 14.4. The van der Waals surface area contributed by atoms with Gasteiger partial charge in [0.15, 0.2) is 10.8 Å². The molecule has 158 valence electrons. The number of imidazole rings is 1. The van der Waals surface area contributed by atoms with E-state index >= 15 is 0 Å². The summed E-state index contributed by atoms with van der Waals surface area (Å²) < 4.78 is 29.6. The van der Waals surface area contributed by atoms with Crippen LogP contribution in [0.2, 0.25) is 0 Å². The second-order valence-electron chi connectivity index (χ2n) is 7.21. The summed E-state index contributed by atoms with van der Waals surface area (Å²) in [4.78, 5) is 6.44. The Bertz CT molecular complexity index is 1120. The highest BCUT2D eigenvalue weighted by Crippen LogP contribution is 2.24. The Balaban J connectivity index is 1.44. The third kappa shape index (κ3) is 4.38. The molecule has 0 aliphatic carbocycles. The van der Waals surface area contributed by atoms with Gasteiger partial charge in [-0.25, -0.2) is 4.98 Å². The molecule has 3 aromatic rings. The van der Waals surface area contributed by atoms with Gasteiger partial charge in [-0.1, -0.05) is 0 Å². The summed E-state index contributed by atoms with van der Waals surface area (Å²) in [5, 5.41) is 11.4. The van der Waals surface area contributed by atoms with Crippen molar-refractivity contribution in [3.63, 3.8) is 0 Å². The van der Waals surface area contributed by atoms with Crippen LogP contribution < -0.4 is 14.9 Å². The average Bonchev–Trinajstić information content (AvgIpc) is 3.39. The first kappa shape index (κ1) is 20.1. The fourth-order valence-corrected chi connectivity index (χ4v) is 4.54. The molecule has 0 saturated carbocycles. The highest BCUT2D eigenvalue weighted by Gasteiger charge is 2.19. The highest BCUT2D eigenvalue weighted by atomic mass is 32.2. The molecule has 0 amide bonds. The summed E-state index contributed by atoms with van der Waals surface area (Å²) in [6.45, 7) is 6.46. The molecule has 2 aromatic heterocycles. The van der Waals surface area contributed by atoms with Crippen LogP contribution in [0.15, 0.2) is 47.8 Å². The van der Waals surface area contributed by atoms with E-state index in [0.29, 0.717) is 23.9 Å². The lowest BCUT2D eigenvalue weighted by Gasteiger charge is -2.17. The topological polar surface area (TPSA) is 105 Å². The van der Waals surface area contributed by atoms with Gasteiger partial charge in [0.1, 0.15) is 5.82 Å². The number of hydrogen-bond acceptors (Lipinski definition) is 7. The number of aryl methyl sites for hydroxylation is 2. The van der Waals surface area contributed by atoms with Crippen LogP contribution in [0.4, 0.5) is 22.9 Å². The van der Waals surface area contributed by atoms with Gasteiger partial charge in [0.05, 0.1) is 11.9 Å². The van der Waals surface area contributed by atoms with Crippen molar-refractivity contribution in [1.82, 2.24) is 19.7 Å². The molecule has 1 saturated heterocycles. The van der Waals surface area contributed by atoms with Gasteiger partial charge in [-0.05, 0) is 51.0 Å². The standard InChI is InChI=1S/C20H25N7O2S/c1-3-26-14-20(22-15(26)2)30(28,29)25-17-8-6-16(7-9-17)23-19-12-18(13-21-24-19)27-10-4-5-11-27/h6-9,12-14,25H,3-5,10-11H2,1-2H3,(H,23,24). The Morgan fingerprint density at radius 3 is 2.47 bits per heavy atom. The first-order valence-electron chi connectivity index (χ1n) is 9.96. The maximum Gasteiger partial charge on any atom is 0.280 e. The van der Waals surface area contributed by atoms with E-state index in [4.69, 9.17) is 0 Å². The number of hydrogen-bond donors (Lipinski definition) is 2. The third-order valence-corrected chi connectivity index (χ3v) is 6.34. The lowest BCUT2D eigenvalue weighted by molar-refractivity contribution is 0.598. The molecule has 4 rings (SSSR count). The maximum absolute atomic E-state index is 12.6. The zero-order valence-electron chi connectivity index (χ0n) is 17.0. The van der Waals surface area contributed by atoms with Gasteiger partial charge in [-0.15, -0.1) is 5.10 Å². The lowest BCUT2D eigenvalue weighted by Crippen LogP contribution is -2.18. The van der Waals surface area contributed by atoms with Gasteiger partial charge < -0.3 is 14.8 Å². The van der Waals surface area contributed by atoms with Gasteiger partial charge >= 0.3 is 0 Å². The number of anilines is 4. The van der Waals surface area contributed by atoms with E-state index in [-0.39, 0.29) is 5.03 Å². The van der Waals surface area contributed by atoms with E-state index in [1.165, 1.54) is 12.8 Å². The van der Waals surface area contributed by atoms with Crippen molar-refractivity contribution in [2.24, 2.45) is 0 Å². The SMILES string of the molecule is CCn1cc(S(=O)(=O)Nc2ccc(Nc3cc(N4CCCC4)cnn3)cc2)nc1C. The molecule has 1 aromatic carbocycles. The molecule has 0 spiro atoms. The molecule has 1 aliphatic heterocycles. The number of rotatable bonds is 7. The summed E-state index contributed by atoms with van der Waals surface area (Å²) in [5.41, 5.74) is 2.30. The molecule has 30 heavy (non-hydrogen) atoms. The van der Waals surface area contributed by atoms with Gasteiger partial charge in [-0.3, -0.25) is 4.72 Å². The molecule has 1 fully saturated rings. The zero-order chi connectivity index (χ0) is 21.1. The molecule has 3 heterocycles. The molecule has 10 heteroatoms. The summed E-state index contributed by atoms with van der Waals surface area (Å²) in [6.07, 6.45) is 5.71. The predicted molar refractivity (Wildman–Crippen MR) is 117 cm³/mol. The van der Waals surface area contributed by atoms with E-state index < -0.39 is 10.0 Å². The van der Waals surface area contributed by atoms with Crippen molar-refractivity contribution in [3.05, 3.63) is 48.5 Å². The number of benzene rings is 1. The quantitative estimate of drug-likeness (QED) is 0.597. The minimum Gasteiger partial charge on any atom is -0.370 e. The van der Waals surface area contributed by atoms with Crippen LogP contribution in [0.1, 0.15) is 25.6 Å². The number of aromatic nitrogens is 4. The summed E-state index contributed by atoms with van der Waals surface area (Å²) in [7, 11) is -3.74. The molecular formula is C20H25N7O2S. The molecular weight excluding hydrogens is 402 g/mol. The molecule has 9 nitrogen and oxygen atoms in total. The van der Waals surface area contributed by atoms with Crippen LogP contribution >= 0.6 is 0 Å². The van der Waals surface area contributed by atoms with Gasteiger partial charge in [0.2, 0.25) is 0 Å². The minimum absolute atomic E-state index is 0.0121. The minimum atomic E-state index is -3.74. The van der Waals surface area contributed by atoms with Gasteiger partial charge in [0, 0.05) is 43.3 Å². The Morgan fingerprint density at radius 1 is 1.10 bits per heavy atom. The number of sulfonamides is 1. The number of nitrogens with one attached hydrogen (secondary N) is 2. The van der Waals surface area contributed by atoms with Gasteiger partial charge in [0.25, 0.3) is 10.0 Å². The first-order valence-corrected chi connectivity index (χ1v) is 11.4. The fraction of sp³-hybridized carbons (Fsp3) is 0.350. The summed E-state index contributed by atoms with van der Waals surface area (Å²) >= 11 is 0. The zero-order valence-corrected chi connectivity index (χ0v) is 17.9. The molecule has 0 bridgehead atoms. The van der Waals surface area contributed by atoms with Crippen molar-refractivity contribution in [1.29, 1.82) is 0 Å². The smallest absolute Gasteiger partial charge is 0.280 e. The van der Waals surface area contributed by atoms with Crippen molar-refractivity contribution in [2.75, 3.05) is 28.0 Å². The van der Waals surface area contributed by atoms with E-state index in [2.05, 4.69) is 30.1 Å². The Hall–Kier alpha value is -3.14. The highest BCUT2D eigenvalue weighted by molar-refractivity contribution is 7.92. The van der Waals surface area contributed by atoms with Crippen LogP contribution in [-0.4, -0.2) is 41.3 Å². The van der Waals surface area contributed by atoms with Crippen LogP contribution in [0.25, 0.3) is 0 Å². The van der Waals surface area contributed by atoms with Crippen LogP contribution in [0.3, 0.4) is 0 Å². The fourth-order valence-electron chi connectivity index (χ4n) is 3.47. The molecule has 1 aliphatic rings. The van der Waals surface area contributed by atoms with Crippen LogP contribution in [0.5, 0.6) is 0 Å². The molecule has 0 radical (unpaired) electrons. The van der Waals surface area contributed by atoms with Gasteiger partial charge in [-0.2, -0.15) is 13.5 Å². The normalized spacial score (nSPS) is 14.1. The number of nitrogens with zero attached hydrogens (tertiary/aromatic N) is 5. The van der Waals surface area contributed by atoms with Crippen molar-refractivity contribution in [2.45, 2.75) is 38.3 Å². The van der Waals surface area contributed by atoms with E-state index in [0.717, 1.165) is 24.5 Å². The molecule has 0 unspecified atom stereocenters. The largest absolute Gasteiger partial charge is 0.370 e. The molecule has 0 atom stereocenters. The monoisotopic (exact) mass is 427 g/mol. The average molecular weight is 428 g/mol. The van der Waals surface area contributed by atoms with E-state index in [9.17, 15) is 8.42 Å². The second kappa shape index (κ2) is 8.31. The third-order valence-electron chi connectivity index (χ3n) is 5.09. The predicted octanol–water partition coefficient (Wildman–Crippen LogP) is 3.15. The van der Waals surface area contributed by atoms with E-state index in [1.807, 2.05) is 13.0 Å². The lowest BCUT2D eigenvalue weighted by atomic mass is 10.3. The second-order valence-corrected chi connectivity index (χ2v) is 8.84. The summed E-state index contributed by atoms with van der Waals surface area (Å²) in [6, 6.07) is 8.94. The van der Waals surface area contributed by atoms with Crippen molar-refractivity contribution >= 4 is 32.9 Å². The molecule has 2 N–H and O–H groups in total.